The first-order chi connectivity index (χ1) is 22.3. The van der Waals surface area contributed by atoms with Crippen molar-refractivity contribution in [1.82, 2.24) is 25.1 Å². The zero-order valence-corrected chi connectivity index (χ0v) is 26.1. The highest BCUT2D eigenvalue weighted by Gasteiger charge is 2.38. The Balaban J connectivity index is 0.000000644. The molecule has 4 aromatic rings. The number of phenolic OH excluding ortho intramolecular Hbond substituents is 1. The second kappa shape index (κ2) is 15.6. The first kappa shape index (κ1) is 35.0. The van der Waals surface area contributed by atoms with Gasteiger partial charge in [-0.05, 0) is 68.9 Å². The normalized spacial score (nSPS) is 14.3. The summed E-state index contributed by atoms with van der Waals surface area (Å²) in [6, 6.07) is 13.7. The minimum Gasteiger partial charge on any atom is -0.508 e. The van der Waals surface area contributed by atoms with Crippen LogP contribution in [-0.4, -0.2) is 81.9 Å². The molecular formula is C33H38F3N5O6. The molecule has 1 saturated carbocycles. The number of aromatic nitrogens is 2. The van der Waals surface area contributed by atoms with Gasteiger partial charge in [-0.2, -0.15) is 13.2 Å². The van der Waals surface area contributed by atoms with Gasteiger partial charge in [-0.1, -0.05) is 31.4 Å². The van der Waals surface area contributed by atoms with Crippen LogP contribution in [0.2, 0.25) is 0 Å². The number of aliphatic carboxylic acids is 1. The standard InChI is InChI=1S/C31H37N5O4.C2HF3O2/c1-35(2)16-15-32-31(39)27(18-21-8-11-25(37)12-9-21)34-30(38)22-10-13-28-26(19-22)33-29(23-14-17-40-20-23)36(28)24-6-4-3-5-7-24;3-2(4,5)1(6)7/h8-14,17,19-20,24,27,37H,3-7,15-16,18H2,1-2H3,(H,32,39)(H,34,38);(H,6,7)/t27-;/m0./s1. The molecule has 1 aliphatic carbocycles. The maximum absolute atomic E-state index is 13.5. The minimum atomic E-state index is -5.08. The second-order valence-corrected chi connectivity index (χ2v) is 11.6. The molecule has 1 fully saturated rings. The molecule has 11 nitrogen and oxygen atoms in total. The number of hydrogen-bond donors (Lipinski definition) is 4. The molecular weight excluding hydrogens is 619 g/mol. The van der Waals surface area contributed by atoms with Crippen molar-refractivity contribution in [2.45, 2.75) is 56.8 Å². The third kappa shape index (κ3) is 9.58. The van der Waals surface area contributed by atoms with Gasteiger partial charge in [0.15, 0.2) is 0 Å². The minimum absolute atomic E-state index is 0.149. The largest absolute Gasteiger partial charge is 0.508 e. The van der Waals surface area contributed by atoms with E-state index >= 15 is 0 Å². The van der Waals surface area contributed by atoms with Gasteiger partial charge < -0.3 is 34.7 Å². The van der Waals surface area contributed by atoms with Gasteiger partial charge in [-0.15, -0.1) is 0 Å². The molecule has 252 valence electrons. The van der Waals surface area contributed by atoms with Gasteiger partial charge in [0.05, 0.1) is 22.9 Å². The topological polar surface area (TPSA) is 150 Å². The summed E-state index contributed by atoms with van der Waals surface area (Å²) in [5.41, 5.74) is 3.91. The number of aromatic hydroxyl groups is 1. The molecule has 0 aliphatic heterocycles. The number of carboxylic acid groups (broad SMARTS) is 1. The SMILES string of the molecule is CN(C)CCNC(=O)[C@H](Cc1ccc(O)cc1)NC(=O)c1ccc2c(c1)nc(-c1ccoc1)n2C1CCCCC1.O=C(O)C(F)(F)F. The fourth-order valence-corrected chi connectivity index (χ4v) is 5.39. The number of nitrogens with zero attached hydrogens (tertiary/aromatic N) is 3. The van der Waals surface area contributed by atoms with E-state index < -0.39 is 18.2 Å². The van der Waals surface area contributed by atoms with E-state index in [9.17, 15) is 27.9 Å². The monoisotopic (exact) mass is 657 g/mol. The van der Waals surface area contributed by atoms with Gasteiger partial charge in [-0.3, -0.25) is 9.59 Å². The summed E-state index contributed by atoms with van der Waals surface area (Å²) in [4.78, 5) is 42.4. The molecule has 1 aliphatic rings. The highest BCUT2D eigenvalue weighted by Crippen LogP contribution is 2.36. The molecule has 14 heteroatoms. The van der Waals surface area contributed by atoms with Gasteiger partial charge >= 0.3 is 12.1 Å². The number of hydrogen-bond acceptors (Lipinski definition) is 7. The first-order valence-electron chi connectivity index (χ1n) is 15.2. The predicted octanol–water partition coefficient (Wildman–Crippen LogP) is 5.16. The lowest BCUT2D eigenvalue weighted by Gasteiger charge is -2.25. The van der Waals surface area contributed by atoms with Crippen molar-refractivity contribution in [3.63, 3.8) is 0 Å². The van der Waals surface area contributed by atoms with Crippen molar-refractivity contribution in [1.29, 1.82) is 0 Å². The summed E-state index contributed by atoms with van der Waals surface area (Å²) in [5.74, 6) is -2.36. The Morgan fingerprint density at radius 2 is 1.74 bits per heavy atom. The maximum Gasteiger partial charge on any atom is 0.490 e. The van der Waals surface area contributed by atoms with Crippen LogP contribution in [0.5, 0.6) is 5.75 Å². The van der Waals surface area contributed by atoms with Crippen LogP contribution in [0.3, 0.4) is 0 Å². The number of likely N-dealkylation sites (N-methyl/N-ethyl adjacent to an activating group) is 1. The lowest BCUT2D eigenvalue weighted by molar-refractivity contribution is -0.192. The van der Waals surface area contributed by atoms with Crippen LogP contribution in [0, 0.1) is 0 Å². The smallest absolute Gasteiger partial charge is 0.490 e. The van der Waals surface area contributed by atoms with E-state index in [4.69, 9.17) is 19.3 Å². The summed E-state index contributed by atoms with van der Waals surface area (Å²) in [7, 11) is 3.87. The van der Waals surface area contributed by atoms with Gasteiger partial charge in [0.25, 0.3) is 5.91 Å². The lowest BCUT2D eigenvalue weighted by atomic mass is 9.95. The Bertz CT molecular complexity index is 1650. The number of rotatable bonds is 10. The third-order valence-corrected chi connectivity index (χ3v) is 7.77. The van der Waals surface area contributed by atoms with Gasteiger partial charge in [0.2, 0.25) is 5.91 Å². The number of alkyl halides is 3. The zero-order valence-electron chi connectivity index (χ0n) is 26.1. The molecule has 2 amide bonds. The molecule has 0 radical (unpaired) electrons. The van der Waals surface area contributed by atoms with Crippen molar-refractivity contribution >= 4 is 28.8 Å². The van der Waals surface area contributed by atoms with Crippen molar-refractivity contribution in [3.05, 3.63) is 72.2 Å². The number of phenols is 1. The van der Waals surface area contributed by atoms with E-state index in [1.807, 2.05) is 31.1 Å². The molecule has 0 spiro atoms. The fourth-order valence-electron chi connectivity index (χ4n) is 5.39. The van der Waals surface area contributed by atoms with Crippen molar-refractivity contribution in [3.8, 4) is 17.1 Å². The van der Waals surface area contributed by atoms with Crippen LogP contribution < -0.4 is 10.6 Å². The van der Waals surface area contributed by atoms with Crippen LogP contribution in [0.4, 0.5) is 13.2 Å². The molecule has 2 aromatic heterocycles. The maximum atomic E-state index is 13.5. The number of carboxylic acids is 1. The number of furan rings is 1. The van der Waals surface area contributed by atoms with Gasteiger partial charge in [0, 0.05) is 31.1 Å². The number of halogens is 3. The molecule has 4 N–H and O–H groups in total. The van der Waals surface area contributed by atoms with E-state index in [-0.39, 0.29) is 17.6 Å². The average Bonchev–Trinajstić information content (AvgIpc) is 3.70. The Labute approximate surface area is 269 Å². The predicted molar refractivity (Wildman–Crippen MR) is 168 cm³/mol. The lowest BCUT2D eigenvalue weighted by Crippen LogP contribution is -2.49. The summed E-state index contributed by atoms with van der Waals surface area (Å²) < 4.78 is 39.4. The van der Waals surface area contributed by atoms with Crippen molar-refractivity contribution in [2.24, 2.45) is 0 Å². The van der Waals surface area contributed by atoms with Crippen LogP contribution in [-0.2, 0) is 16.0 Å². The first-order valence-corrected chi connectivity index (χ1v) is 15.2. The molecule has 5 rings (SSSR count). The van der Waals surface area contributed by atoms with Crippen LogP contribution in [0.1, 0.15) is 54.1 Å². The molecule has 2 heterocycles. The van der Waals surface area contributed by atoms with E-state index in [0.717, 1.165) is 40.8 Å². The Morgan fingerprint density at radius 3 is 2.34 bits per heavy atom. The zero-order chi connectivity index (χ0) is 34.1. The molecule has 0 saturated heterocycles. The van der Waals surface area contributed by atoms with E-state index in [1.165, 1.54) is 19.3 Å². The Morgan fingerprint density at radius 1 is 1.06 bits per heavy atom. The molecule has 0 bridgehead atoms. The summed E-state index contributed by atoms with van der Waals surface area (Å²) in [6.45, 7) is 1.15. The molecule has 1 atom stereocenters. The van der Waals surface area contributed by atoms with Crippen molar-refractivity contribution < 1.29 is 42.2 Å². The fraction of sp³-hybridized carbons (Fsp3) is 0.394. The average molecular weight is 658 g/mol. The second-order valence-electron chi connectivity index (χ2n) is 11.6. The van der Waals surface area contributed by atoms with E-state index in [2.05, 4.69) is 15.2 Å². The number of carbonyl (C=O) groups excluding carboxylic acids is 2. The van der Waals surface area contributed by atoms with E-state index in [1.54, 1.807) is 48.9 Å². The Kier molecular flexibility index (Phi) is 11.6. The number of benzene rings is 2. The van der Waals surface area contributed by atoms with Gasteiger partial charge in [-0.25, -0.2) is 9.78 Å². The summed E-state index contributed by atoms with van der Waals surface area (Å²) >= 11 is 0. The quantitative estimate of drug-likeness (QED) is 0.183. The van der Waals surface area contributed by atoms with Crippen LogP contribution in [0.15, 0.2) is 65.5 Å². The molecule has 0 unspecified atom stereocenters. The van der Waals surface area contributed by atoms with Gasteiger partial charge in [0.1, 0.15) is 23.9 Å². The third-order valence-electron chi connectivity index (χ3n) is 7.77. The van der Waals surface area contributed by atoms with Crippen molar-refractivity contribution in [2.75, 3.05) is 27.2 Å². The number of imidazole rings is 1. The molecule has 47 heavy (non-hydrogen) atoms. The summed E-state index contributed by atoms with van der Waals surface area (Å²) in [5, 5.41) is 22.6. The van der Waals surface area contributed by atoms with Crippen LogP contribution >= 0.6 is 0 Å². The van der Waals surface area contributed by atoms with E-state index in [0.29, 0.717) is 31.1 Å². The number of nitrogens with one attached hydrogen (secondary N) is 2. The highest BCUT2D eigenvalue weighted by atomic mass is 19.4. The van der Waals surface area contributed by atoms with Crippen LogP contribution in [0.25, 0.3) is 22.4 Å². The highest BCUT2D eigenvalue weighted by molar-refractivity contribution is 6.00. The number of amides is 2. The number of carbonyl (C=O) groups is 3. The summed E-state index contributed by atoms with van der Waals surface area (Å²) in [6.07, 6.45) is 4.39. The number of fused-ring (bicyclic) bond motifs is 1. The Hall–Kier alpha value is -4.85. The molecule has 2 aromatic carbocycles.